The average Bonchev–Trinajstić information content (AvgIpc) is 2.52. The summed E-state index contributed by atoms with van der Waals surface area (Å²) in [5.41, 5.74) is 0.914. The molecule has 1 aliphatic heterocycles. The van der Waals surface area contributed by atoms with Crippen LogP contribution < -0.4 is 5.01 Å². The van der Waals surface area contributed by atoms with E-state index in [1.165, 1.54) is 0 Å². The zero-order valence-electron chi connectivity index (χ0n) is 7.74. The van der Waals surface area contributed by atoms with Gasteiger partial charge in [-0.15, -0.1) is 0 Å². The smallest absolute Gasteiger partial charge is 0.0784 e. The molecular formula is C10H10Cl2N2. The van der Waals surface area contributed by atoms with Gasteiger partial charge in [0, 0.05) is 17.7 Å². The lowest BCUT2D eigenvalue weighted by Gasteiger charge is -2.21. The molecule has 14 heavy (non-hydrogen) atoms. The van der Waals surface area contributed by atoms with Crippen LogP contribution in [-0.2, 0) is 0 Å². The Hall–Kier alpha value is -0.730. The van der Waals surface area contributed by atoms with Crippen molar-refractivity contribution in [2.75, 3.05) is 5.01 Å². The molecule has 2 nitrogen and oxygen atoms in total. The summed E-state index contributed by atoms with van der Waals surface area (Å²) in [6, 6.07) is 5.82. The molecule has 0 aliphatic carbocycles. The van der Waals surface area contributed by atoms with Gasteiger partial charge in [-0.2, -0.15) is 5.10 Å². The summed E-state index contributed by atoms with van der Waals surface area (Å²) in [5, 5.41) is 7.46. The molecule has 0 saturated carbocycles. The lowest BCUT2D eigenvalue weighted by molar-refractivity contribution is 0.725. The molecule has 0 N–H and O–H groups in total. The molecule has 1 atom stereocenters. The fourth-order valence-corrected chi connectivity index (χ4v) is 1.96. The standard InChI is InChI=1S/C10H10Cl2N2/c1-7-4-5-13-14(7)10-3-2-8(11)6-9(10)12/h2-3,5-7H,4H2,1H3. The Morgan fingerprint density at radius 1 is 1.43 bits per heavy atom. The molecule has 0 aromatic heterocycles. The SMILES string of the molecule is CC1CC=NN1c1ccc(Cl)cc1Cl. The number of hydrogen-bond acceptors (Lipinski definition) is 2. The van der Waals surface area contributed by atoms with Gasteiger partial charge in [0.1, 0.15) is 0 Å². The van der Waals surface area contributed by atoms with Crippen LogP contribution in [-0.4, -0.2) is 12.3 Å². The first-order valence-electron chi connectivity index (χ1n) is 4.45. The van der Waals surface area contributed by atoms with Crippen molar-refractivity contribution >= 4 is 35.1 Å². The van der Waals surface area contributed by atoms with E-state index in [-0.39, 0.29) is 0 Å². The minimum absolute atomic E-state index is 0.369. The molecule has 1 unspecified atom stereocenters. The molecule has 0 bridgehead atoms. The maximum atomic E-state index is 6.07. The van der Waals surface area contributed by atoms with Gasteiger partial charge in [-0.25, -0.2) is 0 Å². The van der Waals surface area contributed by atoms with Crippen LogP contribution in [0.4, 0.5) is 5.69 Å². The first kappa shape index (κ1) is 9.81. The number of nitrogens with zero attached hydrogens (tertiary/aromatic N) is 2. The van der Waals surface area contributed by atoms with Gasteiger partial charge >= 0.3 is 0 Å². The third kappa shape index (κ3) is 1.72. The summed E-state index contributed by atoms with van der Waals surface area (Å²) in [5.74, 6) is 0. The Morgan fingerprint density at radius 2 is 2.21 bits per heavy atom. The van der Waals surface area contributed by atoms with E-state index in [4.69, 9.17) is 23.2 Å². The zero-order chi connectivity index (χ0) is 10.1. The Morgan fingerprint density at radius 3 is 2.79 bits per heavy atom. The average molecular weight is 229 g/mol. The monoisotopic (exact) mass is 228 g/mol. The molecule has 4 heteroatoms. The number of anilines is 1. The summed E-state index contributed by atoms with van der Waals surface area (Å²) >= 11 is 11.9. The van der Waals surface area contributed by atoms with Gasteiger partial charge in [-0.05, 0) is 25.1 Å². The lowest BCUT2D eigenvalue weighted by Crippen LogP contribution is -2.22. The number of hydrazone groups is 1. The van der Waals surface area contributed by atoms with Gasteiger partial charge in [-0.3, -0.25) is 5.01 Å². The summed E-state index contributed by atoms with van der Waals surface area (Å²) < 4.78 is 0. The van der Waals surface area contributed by atoms with Gasteiger partial charge in [0.25, 0.3) is 0 Å². The van der Waals surface area contributed by atoms with Crippen molar-refractivity contribution in [3.63, 3.8) is 0 Å². The highest BCUT2D eigenvalue weighted by molar-refractivity contribution is 6.36. The quantitative estimate of drug-likeness (QED) is 0.718. The summed E-state index contributed by atoms with van der Waals surface area (Å²) in [4.78, 5) is 0. The predicted molar refractivity (Wildman–Crippen MR) is 61.5 cm³/mol. The second kappa shape index (κ2) is 3.79. The fraction of sp³-hybridized carbons (Fsp3) is 0.300. The number of hydrogen-bond donors (Lipinski definition) is 0. The van der Waals surface area contributed by atoms with Gasteiger partial charge in [-0.1, -0.05) is 23.2 Å². The highest BCUT2D eigenvalue weighted by Gasteiger charge is 2.19. The van der Waals surface area contributed by atoms with Crippen LogP contribution in [0.1, 0.15) is 13.3 Å². The van der Waals surface area contributed by atoms with Crippen LogP contribution >= 0.6 is 23.2 Å². The first-order chi connectivity index (χ1) is 6.68. The van der Waals surface area contributed by atoms with E-state index in [0.717, 1.165) is 12.1 Å². The van der Waals surface area contributed by atoms with Gasteiger partial charge in [0.15, 0.2) is 0 Å². The van der Waals surface area contributed by atoms with Crippen molar-refractivity contribution in [1.82, 2.24) is 0 Å². The summed E-state index contributed by atoms with van der Waals surface area (Å²) in [6.07, 6.45) is 2.86. The van der Waals surface area contributed by atoms with E-state index in [0.29, 0.717) is 16.1 Å². The van der Waals surface area contributed by atoms with Gasteiger partial charge in [0.05, 0.1) is 16.8 Å². The second-order valence-electron chi connectivity index (χ2n) is 3.32. The minimum Gasteiger partial charge on any atom is -0.261 e. The molecule has 0 radical (unpaired) electrons. The van der Waals surface area contributed by atoms with Crippen molar-refractivity contribution in [2.45, 2.75) is 19.4 Å². The molecule has 1 aliphatic rings. The van der Waals surface area contributed by atoms with E-state index in [1.54, 1.807) is 6.07 Å². The van der Waals surface area contributed by atoms with Crippen LogP contribution in [0.5, 0.6) is 0 Å². The summed E-state index contributed by atoms with van der Waals surface area (Å²) in [7, 11) is 0. The Bertz CT molecular complexity index is 376. The Balaban J connectivity index is 2.36. The molecule has 0 amide bonds. The van der Waals surface area contributed by atoms with E-state index >= 15 is 0 Å². The highest BCUT2D eigenvalue weighted by atomic mass is 35.5. The highest BCUT2D eigenvalue weighted by Crippen LogP contribution is 2.31. The molecule has 74 valence electrons. The zero-order valence-corrected chi connectivity index (χ0v) is 9.26. The van der Waals surface area contributed by atoms with E-state index in [9.17, 15) is 0 Å². The van der Waals surface area contributed by atoms with E-state index in [2.05, 4.69) is 12.0 Å². The van der Waals surface area contributed by atoms with E-state index in [1.807, 2.05) is 23.4 Å². The van der Waals surface area contributed by atoms with Crippen LogP contribution in [0, 0.1) is 0 Å². The maximum Gasteiger partial charge on any atom is 0.0784 e. The van der Waals surface area contributed by atoms with Crippen molar-refractivity contribution in [3.05, 3.63) is 28.2 Å². The molecule has 1 heterocycles. The van der Waals surface area contributed by atoms with Gasteiger partial charge < -0.3 is 0 Å². The van der Waals surface area contributed by atoms with Gasteiger partial charge in [0.2, 0.25) is 0 Å². The molecule has 0 saturated heterocycles. The van der Waals surface area contributed by atoms with Crippen molar-refractivity contribution in [2.24, 2.45) is 5.10 Å². The number of rotatable bonds is 1. The second-order valence-corrected chi connectivity index (χ2v) is 4.17. The molecule has 0 fully saturated rings. The maximum absolute atomic E-state index is 6.07. The third-order valence-corrected chi connectivity index (χ3v) is 2.76. The summed E-state index contributed by atoms with van der Waals surface area (Å²) in [6.45, 7) is 2.11. The molecule has 0 spiro atoms. The fourth-order valence-electron chi connectivity index (χ4n) is 1.47. The predicted octanol–water partition coefficient (Wildman–Crippen LogP) is 3.58. The van der Waals surface area contributed by atoms with Crippen molar-refractivity contribution in [3.8, 4) is 0 Å². The third-order valence-electron chi connectivity index (χ3n) is 2.23. The molecule has 1 aromatic carbocycles. The molecular weight excluding hydrogens is 219 g/mol. The van der Waals surface area contributed by atoms with E-state index < -0.39 is 0 Å². The minimum atomic E-state index is 0.369. The first-order valence-corrected chi connectivity index (χ1v) is 5.21. The largest absolute Gasteiger partial charge is 0.261 e. The van der Waals surface area contributed by atoms with Crippen molar-refractivity contribution in [1.29, 1.82) is 0 Å². The number of halogens is 2. The van der Waals surface area contributed by atoms with Crippen LogP contribution in [0.25, 0.3) is 0 Å². The number of benzene rings is 1. The Labute approximate surface area is 93.1 Å². The lowest BCUT2D eigenvalue weighted by atomic mass is 10.2. The molecule has 2 rings (SSSR count). The van der Waals surface area contributed by atoms with Crippen molar-refractivity contribution < 1.29 is 0 Å². The topological polar surface area (TPSA) is 15.6 Å². The molecule has 1 aromatic rings. The van der Waals surface area contributed by atoms with Crippen LogP contribution in [0.3, 0.4) is 0 Å². The normalized spacial score (nSPS) is 20.5. The van der Waals surface area contributed by atoms with Crippen LogP contribution in [0.2, 0.25) is 10.0 Å². The Kier molecular flexibility index (Phi) is 2.66. The van der Waals surface area contributed by atoms with Crippen LogP contribution in [0.15, 0.2) is 23.3 Å².